The molecule has 0 N–H and O–H groups in total. The van der Waals surface area contributed by atoms with E-state index in [0.717, 1.165) is 17.0 Å². The van der Waals surface area contributed by atoms with Crippen molar-refractivity contribution in [1.82, 2.24) is 9.97 Å². The summed E-state index contributed by atoms with van der Waals surface area (Å²) < 4.78 is 0. The van der Waals surface area contributed by atoms with Gasteiger partial charge in [0.15, 0.2) is 0 Å². The molecule has 191 valence electrons. The Morgan fingerprint density at radius 2 is 1.46 bits per heavy atom. The Kier molecular flexibility index (Phi) is 6.95. The second-order valence-electron chi connectivity index (χ2n) is 10.1. The van der Waals surface area contributed by atoms with Gasteiger partial charge in [-0.1, -0.05) is 72.2 Å². The number of allylic oxidation sites excluding steroid dienone is 6. The first kappa shape index (κ1) is 25.4. The Morgan fingerprint density at radius 1 is 0.667 bits per heavy atom. The fourth-order valence-electron chi connectivity index (χ4n) is 5.53. The van der Waals surface area contributed by atoms with E-state index in [1.807, 2.05) is 48.7 Å². The van der Waals surface area contributed by atoms with Gasteiger partial charge in [0.1, 0.15) is 0 Å². The topological polar surface area (TPSA) is 25.8 Å². The van der Waals surface area contributed by atoms with Crippen LogP contribution in [-0.4, -0.2) is 9.97 Å². The van der Waals surface area contributed by atoms with Gasteiger partial charge in [0.2, 0.25) is 0 Å². The van der Waals surface area contributed by atoms with Crippen molar-refractivity contribution in [3.8, 4) is 22.4 Å². The van der Waals surface area contributed by atoms with Crippen molar-refractivity contribution in [2.45, 2.75) is 5.41 Å². The standard InChI is InChI=1S/C25H18N.C11H8N.Ir/c1-2-4-17(5-3-1)18-6-7-19-16-26-24(15-20(19)14-18)25-11-8-21-22(9-12-25)23(21)10-13-25;1-2-6-10(7-3-1)11-8-4-5-9-12-11;/h1-12,14-16,21-23H;1-6,8-9H;/q2*-1;. The maximum absolute atomic E-state index is 4.81. The maximum Gasteiger partial charge on any atom is 0.0349 e. The van der Waals surface area contributed by atoms with Gasteiger partial charge in [-0.15, -0.1) is 48.0 Å². The van der Waals surface area contributed by atoms with Crippen molar-refractivity contribution < 1.29 is 20.1 Å². The Bertz CT molecular complexity index is 1580. The van der Waals surface area contributed by atoms with E-state index in [-0.39, 0.29) is 25.5 Å². The zero-order chi connectivity index (χ0) is 25.4. The molecular formula is C36H26IrN2-2. The molecule has 2 atom stereocenters. The van der Waals surface area contributed by atoms with Crippen LogP contribution in [0, 0.1) is 29.9 Å². The average molecular weight is 679 g/mol. The molecule has 0 saturated heterocycles. The molecule has 4 aliphatic rings. The molecule has 0 spiro atoms. The Hall–Kier alpha value is -3.91. The molecule has 3 heteroatoms. The molecule has 2 aromatic heterocycles. The summed E-state index contributed by atoms with van der Waals surface area (Å²) in [6, 6.07) is 36.2. The fourth-order valence-corrected chi connectivity index (χ4v) is 5.53. The molecule has 5 aromatic rings. The zero-order valence-corrected chi connectivity index (χ0v) is 23.6. The monoisotopic (exact) mass is 679 g/mol. The van der Waals surface area contributed by atoms with Crippen LogP contribution in [-0.2, 0) is 25.5 Å². The quantitative estimate of drug-likeness (QED) is 0.143. The largest absolute Gasteiger partial charge is 0.480 e. The third-order valence-electron chi connectivity index (χ3n) is 7.77. The normalized spacial score (nSPS) is 23.2. The average Bonchev–Trinajstić information content (AvgIpc) is 3.78. The van der Waals surface area contributed by atoms with Gasteiger partial charge >= 0.3 is 0 Å². The summed E-state index contributed by atoms with van der Waals surface area (Å²) in [5.41, 5.74) is 5.24. The minimum absolute atomic E-state index is 0. The predicted octanol–water partition coefficient (Wildman–Crippen LogP) is 8.05. The van der Waals surface area contributed by atoms with Crippen LogP contribution in [0.4, 0.5) is 0 Å². The third kappa shape index (κ3) is 4.96. The van der Waals surface area contributed by atoms with Crippen molar-refractivity contribution in [2.24, 2.45) is 17.8 Å². The third-order valence-corrected chi connectivity index (χ3v) is 7.77. The Labute approximate surface area is 243 Å². The van der Waals surface area contributed by atoms with Crippen LogP contribution in [0.5, 0.6) is 0 Å². The Balaban J connectivity index is 0.000000180. The molecule has 0 amide bonds. The molecule has 3 aromatic carbocycles. The van der Waals surface area contributed by atoms with Crippen molar-refractivity contribution in [1.29, 1.82) is 0 Å². The van der Waals surface area contributed by atoms with Gasteiger partial charge in [0.25, 0.3) is 0 Å². The van der Waals surface area contributed by atoms with Gasteiger partial charge in [-0.2, -0.15) is 0 Å². The van der Waals surface area contributed by atoms with Gasteiger partial charge in [-0.05, 0) is 58.2 Å². The first-order chi connectivity index (χ1) is 18.8. The summed E-state index contributed by atoms with van der Waals surface area (Å²) in [4.78, 5) is 9.03. The number of nitrogens with zero attached hydrogens (tertiary/aromatic N) is 2. The molecular weight excluding hydrogens is 653 g/mol. The summed E-state index contributed by atoms with van der Waals surface area (Å²) in [7, 11) is 0. The molecule has 2 heterocycles. The predicted molar refractivity (Wildman–Crippen MR) is 154 cm³/mol. The summed E-state index contributed by atoms with van der Waals surface area (Å²) in [5.74, 6) is 2.00. The van der Waals surface area contributed by atoms with Crippen LogP contribution < -0.4 is 0 Å². The summed E-state index contributed by atoms with van der Waals surface area (Å²) in [5, 5.41) is 2.40. The number of hydrogen-bond donors (Lipinski definition) is 0. The summed E-state index contributed by atoms with van der Waals surface area (Å²) in [6.07, 6.45) is 19.1. The number of fused-ring (bicyclic) bond motifs is 1. The summed E-state index contributed by atoms with van der Waals surface area (Å²) in [6.45, 7) is 0. The molecule has 1 fully saturated rings. The molecule has 1 radical (unpaired) electrons. The summed E-state index contributed by atoms with van der Waals surface area (Å²) >= 11 is 0. The van der Waals surface area contributed by atoms with E-state index in [0.29, 0.717) is 17.8 Å². The number of pyridine rings is 2. The minimum atomic E-state index is -0.310. The van der Waals surface area contributed by atoms with E-state index in [2.05, 4.69) is 102 Å². The zero-order valence-electron chi connectivity index (χ0n) is 21.2. The Morgan fingerprint density at radius 3 is 2.21 bits per heavy atom. The molecule has 2 nitrogen and oxygen atoms in total. The van der Waals surface area contributed by atoms with Crippen LogP contribution >= 0.6 is 0 Å². The van der Waals surface area contributed by atoms with E-state index >= 15 is 0 Å². The van der Waals surface area contributed by atoms with Gasteiger partial charge in [0.05, 0.1) is 0 Å². The van der Waals surface area contributed by atoms with Crippen molar-refractivity contribution >= 4 is 10.8 Å². The maximum atomic E-state index is 4.81. The molecule has 2 unspecified atom stereocenters. The van der Waals surface area contributed by atoms with E-state index in [4.69, 9.17) is 4.98 Å². The second kappa shape index (κ2) is 10.7. The van der Waals surface area contributed by atoms with E-state index in [9.17, 15) is 0 Å². The van der Waals surface area contributed by atoms with Crippen LogP contribution in [0.1, 0.15) is 5.69 Å². The fraction of sp³-hybridized carbons (Fsp3) is 0.111. The molecule has 4 bridgehead atoms. The molecule has 1 saturated carbocycles. The van der Waals surface area contributed by atoms with Gasteiger partial charge in [0, 0.05) is 43.6 Å². The SMILES string of the molecule is [C-]1=CC2C3C=CC1(c1cc4cc(-c5ccccc5)ccc4cn1)C=CC23.[Ir].[c-]1ccccc1-c1ccccn1. The molecule has 39 heavy (non-hydrogen) atoms. The van der Waals surface area contributed by atoms with E-state index in [1.165, 1.54) is 21.9 Å². The number of hydrogen-bond acceptors (Lipinski definition) is 2. The van der Waals surface area contributed by atoms with Crippen LogP contribution in [0.2, 0.25) is 0 Å². The van der Waals surface area contributed by atoms with Crippen LogP contribution in [0.25, 0.3) is 33.2 Å². The van der Waals surface area contributed by atoms with Crippen molar-refractivity contribution in [3.05, 3.63) is 158 Å². The second-order valence-corrected chi connectivity index (χ2v) is 10.1. The van der Waals surface area contributed by atoms with Gasteiger partial charge < -0.3 is 11.1 Å². The van der Waals surface area contributed by atoms with Crippen molar-refractivity contribution in [2.75, 3.05) is 0 Å². The van der Waals surface area contributed by atoms with Gasteiger partial charge in [-0.3, -0.25) is 11.1 Å². The first-order valence-electron chi connectivity index (χ1n) is 13.1. The van der Waals surface area contributed by atoms with E-state index < -0.39 is 0 Å². The number of rotatable bonds is 3. The van der Waals surface area contributed by atoms with Crippen molar-refractivity contribution in [3.63, 3.8) is 0 Å². The van der Waals surface area contributed by atoms with Crippen LogP contribution in [0.15, 0.2) is 140 Å². The van der Waals surface area contributed by atoms with E-state index in [1.54, 1.807) is 6.20 Å². The number of benzene rings is 3. The first-order valence-corrected chi connectivity index (χ1v) is 13.1. The molecule has 0 aliphatic heterocycles. The smallest absolute Gasteiger partial charge is 0.0349 e. The molecule has 9 rings (SSSR count). The van der Waals surface area contributed by atoms with Gasteiger partial charge in [-0.25, -0.2) is 0 Å². The van der Waals surface area contributed by atoms with Crippen LogP contribution in [0.3, 0.4) is 0 Å². The minimum Gasteiger partial charge on any atom is -0.480 e. The number of aromatic nitrogens is 2. The molecule has 4 aliphatic carbocycles.